The highest BCUT2D eigenvalue weighted by molar-refractivity contribution is 9.10. The molecule has 0 amide bonds. The molecule has 0 radical (unpaired) electrons. The van der Waals surface area contributed by atoms with Crippen molar-refractivity contribution in [3.05, 3.63) is 22.8 Å². The number of likely N-dealkylation sites (N-methyl/N-ethyl adjacent to an activating group) is 1. The highest BCUT2D eigenvalue weighted by atomic mass is 79.9. The van der Waals surface area contributed by atoms with Crippen LogP contribution in [-0.2, 0) is 4.74 Å². The van der Waals surface area contributed by atoms with Gasteiger partial charge in [-0.1, -0.05) is 0 Å². The van der Waals surface area contributed by atoms with E-state index in [4.69, 9.17) is 4.74 Å². The number of hydrogen-bond acceptors (Lipinski definition) is 3. The summed E-state index contributed by atoms with van der Waals surface area (Å²) in [5.74, 6) is 1.03. The lowest BCUT2D eigenvalue weighted by Crippen LogP contribution is -2.32. The molecule has 1 aliphatic rings. The molecular weight excluding hydrogens is 268 g/mol. The van der Waals surface area contributed by atoms with Gasteiger partial charge in [0.15, 0.2) is 0 Å². The average Bonchev–Trinajstić information content (AvgIpc) is 2.80. The van der Waals surface area contributed by atoms with Crippen LogP contribution >= 0.6 is 15.9 Å². The third-order valence-electron chi connectivity index (χ3n) is 2.87. The van der Waals surface area contributed by atoms with Gasteiger partial charge < -0.3 is 9.64 Å². The molecule has 0 bridgehead atoms. The average molecular weight is 285 g/mol. The van der Waals surface area contributed by atoms with Crippen LogP contribution in [0.5, 0.6) is 0 Å². The zero-order valence-electron chi connectivity index (χ0n) is 9.53. The Morgan fingerprint density at radius 1 is 1.56 bits per heavy atom. The molecule has 0 aromatic carbocycles. The van der Waals surface area contributed by atoms with Crippen LogP contribution in [0.4, 0.5) is 5.82 Å². The van der Waals surface area contributed by atoms with Gasteiger partial charge in [0.25, 0.3) is 0 Å². The molecule has 4 heteroatoms. The number of ether oxygens (including phenoxy) is 1. The van der Waals surface area contributed by atoms with Crippen molar-refractivity contribution in [2.45, 2.75) is 25.9 Å². The Morgan fingerprint density at radius 2 is 2.44 bits per heavy atom. The Balaban J connectivity index is 2.00. The molecule has 1 aromatic rings. The zero-order valence-corrected chi connectivity index (χ0v) is 11.1. The Morgan fingerprint density at radius 3 is 3.00 bits per heavy atom. The lowest BCUT2D eigenvalue weighted by molar-refractivity contribution is 0.115. The van der Waals surface area contributed by atoms with E-state index in [9.17, 15) is 0 Å². The van der Waals surface area contributed by atoms with Crippen molar-refractivity contribution < 1.29 is 4.74 Å². The Bertz CT molecular complexity index is 322. The third-order valence-corrected chi connectivity index (χ3v) is 3.33. The monoisotopic (exact) mass is 284 g/mol. The van der Waals surface area contributed by atoms with E-state index in [2.05, 4.69) is 32.7 Å². The van der Waals surface area contributed by atoms with Crippen LogP contribution in [-0.4, -0.2) is 30.8 Å². The number of hydrogen-bond donors (Lipinski definition) is 0. The molecule has 1 fully saturated rings. The minimum absolute atomic E-state index is 0.380. The van der Waals surface area contributed by atoms with Gasteiger partial charge in [-0.2, -0.15) is 0 Å². The maximum atomic E-state index is 5.65. The van der Waals surface area contributed by atoms with Crippen molar-refractivity contribution in [2.24, 2.45) is 0 Å². The summed E-state index contributed by atoms with van der Waals surface area (Å²) in [6, 6.07) is 4.07. The summed E-state index contributed by atoms with van der Waals surface area (Å²) in [5.41, 5.74) is 0. The van der Waals surface area contributed by atoms with Gasteiger partial charge in [0.05, 0.1) is 6.10 Å². The van der Waals surface area contributed by atoms with Gasteiger partial charge in [0.1, 0.15) is 5.82 Å². The van der Waals surface area contributed by atoms with E-state index in [-0.39, 0.29) is 0 Å². The predicted molar refractivity (Wildman–Crippen MR) is 68.8 cm³/mol. The molecule has 0 aliphatic carbocycles. The molecule has 0 saturated carbocycles. The normalized spacial score (nSPS) is 20.0. The number of nitrogens with zero attached hydrogens (tertiary/aromatic N) is 2. The van der Waals surface area contributed by atoms with Crippen LogP contribution in [0.15, 0.2) is 22.8 Å². The molecule has 1 atom stereocenters. The molecule has 1 unspecified atom stereocenters. The fourth-order valence-electron chi connectivity index (χ4n) is 1.97. The standard InChI is InChI=1S/C12H17BrN2O/c1-2-15(9-11-4-3-7-16-11)12-6-5-10(13)8-14-12/h5-6,8,11H,2-4,7,9H2,1H3. The summed E-state index contributed by atoms with van der Waals surface area (Å²) in [5, 5.41) is 0. The van der Waals surface area contributed by atoms with Crippen molar-refractivity contribution in [3.63, 3.8) is 0 Å². The fraction of sp³-hybridized carbons (Fsp3) is 0.583. The van der Waals surface area contributed by atoms with Crippen molar-refractivity contribution in [3.8, 4) is 0 Å². The van der Waals surface area contributed by atoms with E-state index in [0.717, 1.165) is 30.0 Å². The molecule has 2 rings (SSSR count). The van der Waals surface area contributed by atoms with Gasteiger partial charge in [-0.15, -0.1) is 0 Å². The topological polar surface area (TPSA) is 25.4 Å². The number of anilines is 1. The first kappa shape index (κ1) is 11.9. The van der Waals surface area contributed by atoms with E-state index in [0.29, 0.717) is 6.10 Å². The van der Waals surface area contributed by atoms with E-state index in [1.54, 1.807) is 0 Å². The van der Waals surface area contributed by atoms with Crippen molar-refractivity contribution >= 4 is 21.7 Å². The molecule has 2 heterocycles. The summed E-state index contributed by atoms with van der Waals surface area (Å²) in [6.45, 7) is 4.98. The van der Waals surface area contributed by atoms with Crippen LogP contribution in [0.1, 0.15) is 19.8 Å². The largest absolute Gasteiger partial charge is 0.376 e. The smallest absolute Gasteiger partial charge is 0.128 e. The second-order valence-corrected chi connectivity index (χ2v) is 4.92. The summed E-state index contributed by atoms with van der Waals surface area (Å²) in [4.78, 5) is 6.68. The van der Waals surface area contributed by atoms with Crippen LogP contribution < -0.4 is 4.90 Å². The van der Waals surface area contributed by atoms with Crippen molar-refractivity contribution in [1.82, 2.24) is 4.98 Å². The molecule has 1 aromatic heterocycles. The van der Waals surface area contributed by atoms with Gasteiger partial charge >= 0.3 is 0 Å². The third kappa shape index (κ3) is 2.95. The van der Waals surface area contributed by atoms with Crippen molar-refractivity contribution in [2.75, 3.05) is 24.6 Å². The van der Waals surface area contributed by atoms with Crippen LogP contribution in [0.2, 0.25) is 0 Å². The maximum Gasteiger partial charge on any atom is 0.128 e. The summed E-state index contributed by atoms with van der Waals surface area (Å²) >= 11 is 3.40. The fourth-order valence-corrected chi connectivity index (χ4v) is 2.21. The van der Waals surface area contributed by atoms with Gasteiger partial charge in [-0.3, -0.25) is 0 Å². The minimum atomic E-state index is 0.380. The summed E-state index contributed by atoms with van der Waals surface area (Å²) in [6.07, 6.45) is 4.58. The van der Waals surface area contributed by atoms with Crippen LogP contribution in [0.25, 0.3) is 0 Å². The molecule has 0 N–H and O–H groups in total. The molecule has 1 saturated heterocycles. The highest BCUT2D eigenvalue weighted by Crippen LogP contribution is 2.18. The zero-order chi connectivity index (χ0) is 11.4. The minimum Gasteiger partial charge on any atom is -0.376 e. The molecule has 1 aliphatic heterocycles. The summed E-state index contributed by atoms with van der Waals surface area (Å²) < 4.78 is 6.67. The van der Waals surface area contributed by atoms with E-state index >= 15 is 0 Å². The van der Waals surface area contributed by atoms with Gasteiger partial charge in [0.2, 0.25) is 0 Å². The van der Waals surface area contributed by atoms with E-state index < -0.39 is 0 Å². The SMILES string of the molecule is CCN(CC1CCCO1)c1ccc(Br)cn1. The number of pyridine rings is 1. The van der Waals surface area contributed by atoms with E-state index in [1.807, 2.05) is 18.3 Å². The number of rotatable bonds is 4. The first-order valence-electron chi connectivity index (χ1n) is 5.77. The Hall–Kier alpha value is -0.610. The van der Waals surface area contributed by atoms with Crippen LogP contribution in [0.3, 0.4) is 0 Å². The first-order valence-corrected chi connectivity index (χ1v) is 6.57. The first-order chi connectivity index (χ1) is 7.79. The molecule has 3 nitrogen and oxygen atoms in total. The Kier molecular flexibility index (Phi) is 4.18. The highest BCUT2D eigenvalue weighted by Gasteiger charge is 2.19. The van der Waals surface area contributed by atoms with Crippen LogP contribution in [0, 0.1) is 0 Å². The molecule has 88 valence electrons. The second kappa shape index (κ2) is 5.64. The van der Waals surface area contributed by atoms with Gasteiger partial charge in [-0.05, 0) is 47.8 Å². The Labute approximate surface area is 105 Å². The molecule has 0 spiro atoms. The van der Waals surface area contributed by atoms with Gasteiger partial charge in [-0.25, -0.2) is 4.98 Å². The molecular formula is C12H17BrN2O. The quantitative estimate of drug-likeness (QED) is 0.850. The number of halogens is 1. The van der Waals surface area contributed by atoms with E-state index in [1.165, 1.54) is 12.8 Å². The lowest BCUT2D eigenvalue weighted by atomic mass is 10.2. The lowest BCUT2D eigenvalue weighted by Gasteiger charge is -2.24. The summed E-state index contributed by atoms with van der Waals surface area (Å²) in [7, 11) is 0. The van der Waals surface area contributed by atoms with Gasteiger partial charge in [0, 0.05) is 30.4 Å². The van der Waals surface area contributed by atoms with Crippen molar-refractivity contribution in [1.29, 1.82) is 0 Å². The maximum absolute atomic E-state index is 5.65. The predicted octanol–water partition coefficient (Wildman–Crippen LogP) is 2.85. The second-order valence-electron chi connectivity index (χ2n) is 4.01. The molecule has 16 heavy (non-hydrogen) atoms. The number of aromatic nitrogens is 1.